The van der Waals surface area contributed by atoms with Gasteiger partial charge in [-0.15, -0.1) is 0 Å². The monoisotopic (exact) mass is 427 g/mol. The highest BCUT2D eigenvalue weighted by Crippen LogP contribution is 2.21. The van der Waals surface area contributed by atoms with Gasteiger partial charge in [-0.25, -0.2) is 4.79 Å². The first kappa shape index (κ1) is 23.0. The molecule has 1 N–H and O–H groups in total. The Hall–Kier alpha value is -3.66. The molecule has 0 fully saturated rings. The molecule has 164 valence electrons. The van der Waals surface area contributed by atoms with Crippen LogP contribution in [0.4, 0.5) is 5.69 Å². The van der Waals surface area contributed by atoms with Crippen LogP contribution in [0.15, 0.2) is 84.9 Å². The number of anilines is 1. The Balaban J connectivity index is 1.67. The molecular weight excluding hydrogens is 398 g/mol. The van der Waals surface area contributed by atoms with Gasteiger partial charge < -0.3 is 10.1 Å². The minimum atomic E-state index is -0.340. The first-order valence-electron chi connectivity index (χ1n) is 11.1. The zero-order valence-corrected chi connectivity index (χ0v) is 18.4. The summed E-state index contributed by atoms with van der Waals surface area (Å²) in [6.07, 6.45) is 6.11. The normalized spacial score (nSPS) is 11.1. The van der Waals surface area contributed by atoms with E-state index in [0.717, 1.165) is 36.8 Å². The number of hydrogen-bond donors (Lipinski definition) is 1. The number of amides is 1. The molecule has 4 nitrogen and oxygen atoms in total. The van der Waals surface area contributed by atoms with Gasteiger partial charge in [0.1, 0.15) is 0 Å². The lowest BCUT2D eigenvalue weighted by molar-refractivity contribution is -0.111. The Labute approximate surface area is 189 Å². The smallest absolute Gasteiger partial charge is 0.338 e. The third-order valence-corrected chi connectivity index (χ3v) is 5.05. The van der Waals surface area contributed by atoms with E-state index in [1.165, 1.54) is 0 Å². The van der Waals surface area contributed by atoms with Crippen molar-refractivity contribution in [2.24, 2.45) is 0 Å². The van der Waals surface area contributed by atoms with E-state index in [1.54, 1.807) is 24.3 Å². The zero-order chi connectivity index (χ0) is 22.6. The average Bonchev–Trinajstić information content (AvgIpc) is 2.84. The standard InChI is InChI=1S/C28H29NO3/c1-2-3-4-11-20-32-28(31)24-16-18-25(19-17-24)29-27(30)26(23-14-9-6-10-15-23)21-22-12-7-5-8-13-22/h5-10,12-19,21H,2-4,11,20H2,1H3,(H,29,30)/b26-21+. The minimum absolute atomic E-state index is 0.216. The van der Waals surface area contributed by atoms with E-state index in [0.29, 0.717) is 23.4 Å². The molecule has 0 saturated heterocycles. The summed E-state index contributed by atoms with van der Waals surface area (Å²) >= 11 is 0. The summed E-state index contributed by atoms with van der Waals surface area (Å²) in [6, 6.07) is 26.1. The van der Waals surface area contributed by atoms with Crippen molar-refractivity contribution in [3.8, 4) is 0 Å². The molecule has 0 aliphatic heterocycles. The van der Waals surface area contributed by atoms with Crippen LogP contribution in [-0.2, 0) is 9.53 Å². The lowest BCUT2D eigenvalue weighted by Gasteiger charge is -2.11. The molecule has 4 heteroatoms. The zero-order valence-electron chi connectivity index (χ0n) is 18.4. The Kier molecular flexibility index (Phi) is 8.81. The number of esters is 1. The van der Waals surface area contributed by atoms with Crippen LogP contribution >= 0.6 is 0 Å². The summed E-state index contributed by atoms with van der Waals surface area (Å²) in [5, 5.41) is 2.93. The summed E-state index contributed by atoms with van der Waals surface area (Å²) in [5.74, 6) is -0.556. The fourth-order valence-electron chi connectivity index (χ4n) is 3.28. The third-order valence-electron chi connectivity index (χ3n) is 5.05. The molecule has 0 bridgehead atoms. The van der Waals surface area contributed by atoms with Crippen LogP contribution in [0.25, 0.3) is 11.6 Å². The number of hydrogen-bond acceptors (Lipinski definition) is 3. The lowest BCUT2D eigenvalue weighted by atomic mass is 10.0. The largest absolute Gasteiger partial charge is 0.462 e. The molecule has 32 heavy (non-hydrogen) atoms. The molecule has 3 aromatic rings. The fourth-order valence-corrected chi connectivity index (χ4v) is 3.28. The SMILES string of the molecule is CCCCCCOC(=O)c1ccc(NC(=O)/C(=C/c2ccccc2)c2ccccc2)cc1. The topological polar surface area (TPSA) is 55.4 Å². The molecule has 0 saturated carbocycles. The number of benzene rings is 3. The van der Waals surface area contributed by atoms with Crippen LogP contribution in [0, 0.1) is 0 Å². The number of ether oxygens (including phenoxy) is 1. The van der Waals surface area contributed by atoms with Crippen LogP contribution in [0.1, 0.15) is 54.1 Å². The van der Waals surface area contributed by atoms with Gasteiger partial charge >= 0.3 is 5.97 Å². The molecule has 3 rings (SSSR count). The quantitative estimate of drug-likeness (QED) is 0.172. The summed E-state index contributed by atoms with van der Waals surface area (Å²) in [7, 11) is 0. The van der Waals surface area contributed by atoms with Gasteiger partial charge in [-0.3, -0.25) is 4.79 Å². The van der Waals surface area contributed by atoms with E-state index in [2.05, 4.69) is 12.2 Å². The van der Waals surface area contributed by atoms with E-state index in [1.807, 2.05) is 66.7 Å². The maximum absolute atomic E-state index is 13.1. The summed E-state index contributed by atoms with van der Waals surface area (Å²) < 4.78 is 5.32. The van der Waals surface area contributed by atoms with E-state index in [-0.39, 0.29) is 11.9 Å². The highest BCUT2D eigenvalue weighted by molar-refractivity contribution is 6.29. The van der Waals surface area contributed by atoms with E-state index in [4.69, 9.17) is 4.74 Å². The summed E-state index contributed by atoms with van der Waals surface area (Å²) in [5.41, 5.74) is 3.43. The highest BCUT2D eigenvalue weighted by Gasteiger charge is 2.13. The molecule has 3 aromatic carbocycles. The van der Waals surface area contributed by atoms with Crippen molar-refractivity contribution < 1.29 is 14.3 Å². The molecule has 1 amide bonds. The molecule has 0 aliphatic carbocycles. The van der Waals surface area contributed by atoms with E-state index in [9.17, 15) is 9.59 Å². The predicted octanol–water partition coefficient (Wildman–Crippen LogP) is 6.60. The summed E-state index contributed by atoms with van der Waals surface area (Å²) in [6.45, 7) is 2.58. The molecule has 0 aromatic heterocycles. The predicted molar refractivity (Wildman–Crippen MR) is 130 cm³/mol. The second kappa shape index (κ2) is 12.3. The van der Waals surface area contributed by atoms with Crippen molar-refractivity contribution in [3.63, 3.8) is 0 Å². The van der Waals surface area contributed by atoms with Gasteiger partial charge in [0.2, 0.25) is 0 Å². The lowest BCUT2D eigenvalue weighted by Crippen LogP contribution is -2.14. The molecule has 0 atom stereocenters. The van der Waals surface area contributed by atoms with Crippen molar-refractivity contribution >= 4 is 29.2 Å². The Morgan fingerprint density at radius 1 is 0.781 bits per heavy atom. The molecule has 0 radical (unpaired) electrons. The van der Waals surface area contributed by atoms with Gasteiger partial charge in [0.25, 0.3) is 5.91 Å². The van der Waals surface area contributed by atoms with Gasteiger partial charge in [0.15, 0.2) is 0 Å². The number of carbonyl (C=O) groups excluding carboxylic acids is 2. The van der Waals surface area contributed by atoms with Gasteiger partial charge in [-0.1, -0.05) is 86.8 Å². The van der Waals surface area contributed by atoms with Crippen LogP contribution in [0.2, 0.25) is 0 Å². The van der Waals surface area contributed by atoms with Crippen molar-refractivity contribution in [2.75, 3.05) is 11.9 Å². The second-order valence-corrected chi connectivity index (χ2v) is 7.56. The fraction of sp³-hybridized carbons (Fsp3) is 0.214. The van der Waals surface area contributed by atoms with Gasteiger partial charge in [0, 0.05) is 11.3 Å². The van der Waals surface area contributed by atoms with Crippen LogP contribution in [0.3, 0.4) is 0 Å². The number of carbonyl (C=O) groups is 2. The highest BCUT2D eigenvalue weighted by atomic mass is 16.5. The average molecular weight is 428 g/mol. The van der Waals surface area contributed by atoms with Gasteiger partial charge in [-0.05, 0) is 47.9 Å². The number of rotatable bonds is 10. The Morgan fingerprint density at radius 3 is 2.09 bits per heavy atom. The first-order valence-corrected chi connectivity index (χ1v) is 11.1. The van der Waals surface area contributed by atoms with E-state index < -0.39 is 0 Å². The van der Waals surface area contributed by atoms with Gasteiger partial charge in [-0.2, -0.15) is 0 Å². The minimum Gasteiger partial charge on any atom is -0.462 e. The molecule has 0 aliphatic rings. The number of nitrogens with one attached hydrogen (secondary N) is 1. The van der Waals surface area contributed by atoms with Crippen molar-refractivity contribution in [1.29, 1.82) is 0 Å². The number of unbranched alkanes of at least 4 members (excludes halogenated alkanes) is 3. The van der Waals surface area contributed by atoms with Crippen LogP contribution < -0.4 is 5.32 Å². The van der Waals surface area contributed by atoms with E-state index >= 15 is 0 Å². The van der Waals surface area contributed by atoms with Crippen LogP contribution in [-0.4, -0.2) is 18.5 Å². The maximum atomic E-state index is 13.1. The molecule has 0 unspecified atom stereocenters. The maximum Gasteiger partial charge on any atom is 0.338 e. The second-order valence-electron chi connectivity index (χ2n) is 7.56. The van der Waals surface area contributed by atoms with Crippen LogP contribution in [0.5, 0.6) is 0 Å². The Morgan fingerprint density at radius 2 is 1.44 bits per heavy atom. The summed E-state index contributed by atoms with van der Waals surface area (Å²) in [4.78, 5) is 25.3. The van der Waals surface area contributed by atoms with Crippen molar-refractivity contribution in [3.05, 3.63) is 102 Å². The molecule has 0 heterocycles. The molecule has 0 spiro atoms. The van der Waals surface area contributed by atoms with Crippen molar-refractivity contribution in [1.82, 2.24) is 0 Å². The molecular formula is C28H29NO3. The van der Waals surface area contributed by atoms with Gasteiger partial charge in [0.05, 0.1) is 12.2 Å². The third kappa shape index (κ3) is 6.95. The Bertz CT molecular complexity index is 1030. The first-order chi connectivity index (χ1) is 15.7. The van der Waals surface area contributed by atoms with Crippen molar-refractivity contribution in [2.45, 2.75) is 32.6 Å².